The summed E-state index contributed by atoms with van der Waals surface area (Å²) in [6, 6.07) is 8.67. The third-order valence-electron chi connectivity index (χ3n) is 5.15. The highest BCUT2D eigenvalue weighted by Crippen LogP contribution is 2.27. The van der Waals surface area contributed by atoms with Crippen LogP contribution in [0.15, 0.2) is 42.7 Å². The molecule has 2 amide bonds. The monoisotopic (exact) mass is 400 g/mol. The topological polar surface area (TPSA) is 88.3 Å². The summed E-state index contributed by atoms with van der Waals surface area (Å²) in [4.78, 5) is 30.4. The fourth-order valence-corrected chi connectivity index (χ4v) is 3.82. The highest BCUT2D eigenvalue weighted by Gasteiger charge is 2.29. The molecule has 1 aromatic carbocycles. The lowest BCUT2D eigenvalue weighted by molar-refractivity contribution is -0.133. The zero-order chi connectivity index (χ0) is 20.1. The van der Waals surface area contributed by atoms with Gasteiger partial charge in [0.15, 0.2) is 0 Å². The Morgan fingerprint density at radius 1 is 1.29 bits per heavy atom. The number of carbonyl (C=O) groups excluding carboxylic acids is 2. The van der Waals surface area contributed by atoms with Crippen LogP contribution in [0.1, 0.15) is 48.5 Å². The van der Waals surface area contributed by atoms with Crippen LogP contribution in [0.25, 0.3) is 0 Å². The van der Waals surface area contributed by atoms with Crippen molar-refractivity contribution in [2.24, 2.45) is 5.73 Å². The summed E-state index contributed by atoms with van der Waals surface area (Å²) in [6.45, 7) is 1.92. The Morgan fingerprint density at radius 2 is 2.07 bits per heavy atom. The Morgan fingerprint density at radius 3 is 2.75 bits per heavy atom. The highest BCUT2D eigenvalue weighted by molar-refractivity contribution is 6.31. The molecule has 2 atom stereocenters. The van der Waals surface area contributed by atoms with Crippen LogP contribution in [0.2, 0.25) is 5.02 Å². The van der Waals surface area contributed by atoms with E-state index in [1.54, 1.807) is 48.4 Å². The Labute approximate surface area is 170 Å². The van der Waals surface area contributed by atoms with Gasteiger partial charge in [-0.3, -0.25) is 14.6 Å². The van der Waals surface area contributed by atoms with Crippen molar-refractivity contribution < 1.29 is 9.59 Å². The molecule has 28 heavy (non-hydrogen) atoms. The number of anilines is 1. The van der Waals surface area contributed by atoms with E-state index in [0.29, 0.717) is 22.8 Å². The Hall–Kier alpha value is -2.44. The second-order valence-corrected chi connectivity index (χ2v) is 7.57. The molecule has 2 unspecified atom stereocenters. The van der Waals surface area contributed by atoms with Gasteiger partial charge in [0.1, 0.15) is 0 Å². The zero-order valence-corrected chi connectivity index (χ0v) is 16.7. The molecule has 1 aliphatic carbocycles. The van der Waals surface area contributed by atoms with Crippen LogP contribution in [-0.2, 0) is 11.3 Å². The molecule has 1 saturated carbocycles. The van der Waals surface area contributed by atoms with Crippen molar-refractivity contribution in [2.75, 3.05) is 5.32 Å². The molecule has 6 nitrogen and oxygen atoms in total. The Balaban J connectivity index is 1.78. The summed E-state index contributed by atoms with van der Waals surface area (Å²) in [7, 11) is 0. The van der Waals surface area contributed by atoms with Crippen molar-refractivity contribution >= 4 is 29.1 Å². The third kappa shape index (κ3) is 4.88. The number of pyridine rings is 1. The number of hydrogen-bond donors (Lipinski definition) is 2. The number of carbonyl (C=O) groups is 2. The van der Waals surface area contributed by atoms with Crippen molar-refractivity contribution in [3.63, 3.8) is 0 Å². The fourth-order valence-electron chi connectivity index (χ4n) is 3.65. The van der Waals surface area contributed by atoms with Gasteiger partial charge in [0.25, 0.3) is 5.91 Å². The molecular weight excluding hydrogens is 376 g/mol. The van der Waals surface area contributed by atoms with E-state index in [-0.39, 0.29) is 23.9 Å². The predicted octanol–water partition coefficient (Wildman–Crippen LogP) is 3.61. The summed E-state index contributed by atoms with van der Waals surface area (Å²) in [5.41, 5.74) is 8.14. The summed E-state index contributed by atoms with van der Waals surface area (Å²) >= 11 is 6.38. The van der Waals surface area contributed by atoms with E-state index >= 15 is 0 Å². The normalized spacial score (nSPS) is 19.1. The van der Waals surface area contributed by atoms with Gasteiger partial charge in [-0.1, -0.05) is 24.4 Å². The Kier molecular flexibility index (Phi) is 6.65. The van der Waals surface area contributed by atoms with E-state index < -0.39 is 0 Å². The number of hydrogen-bond acceptors (Lipinski definition) is 4. The maximum atomic E-state index is 12.4. The van der Waals surface area contributed by atoms with E-state index in [9.17, 15) is 9.59 Å². The first kappa shape index (κ1) is 20.3. The van der Waals surface area contributed by atoms with Crippen LogP contribution < -0.4 is 11.1 Å². The number of amides is 2. The molecule has 2 aromatic rings. The quantitative estimate of drug-likeness (QED) is 0.802. The fraction of sp³-hybridized carbons (Fsp3) is 0.381. The number of benzene rings is 1. The predicted molar refractivity (Wildman–Crippen MR) is 110 cm³/mol. The van der Waals surface area contributed by atoms with E-state index in [2.05, 4.69) is 10.3 Å². The van der Waals surface area contributed by atoms with Crippen molar-refractivity contribution in [3.05, 3.63) is 58.9 Å². The van der Waals surface area contributed by atoms with Crippen LogP contribution in [-0.4, -0.2) is 33.8 Å². The molecule has 148 valence electrons. The molecule has 3 rings (SSSR count). The van der Waals surface area contributed by atoms with E-state index in [1.807, 2.05) is 0 Å². The van der Waals surface area contributed by atoms with Gasteiger partial charge in [0.05, 0.1) is 5.56 Å². The van der Waals surface area contributed by atoms with Gasteiger partial charge in [-0.05, 0) is 48.7 Å². The number of aromatic nitrogens is 1. The molecule has 0 aliphatic heterocycles. The SMILES string of the molecule is CC(=O)N(Cc1cc(NC(=O)c2cccnc2)ccc1Cl)C1CCCCC1N. The molecule has 1 heterocycles. The summed E-state index contributed by atoms with van der Waals surface area (Å²) in [5, 5.41) is 3.40. The van der Waals surface area contributed by atoms with E-state index in [0.717, 1.165) is 31.2 Å². The summed E-state index contributed by atoms with van der Waals surface area (Å²) in [5.74, 6) is -0.276. The molecule has 0 radical (unpaired) electrons. The van der Waals surface area contributed by atoms with Crippen molar-refractivity contribution in [1.29, 1.82) is 0 Å². The minimum Gasteiger partial charge on any atom is -0.334 e. The first-order chi connectivity index (χ1) is 13.5. The largest absolute Gasteiger partial charge is 0.334 e. The first-order valence-electron chi connectivity index (χ1n) is 9.48. The van der Waals surface area contributed by atoms with Crippen molar-refractivity contribution in [2.45, 2.75) is 51.2 Å². The number of rotatable bonds is 5. The van der Waals surface area contributed by atoms with Gasteiger partial charge in [-0.15, -0.1) is 0 Å². The maximum Gasteiger partial charge on any atom is 0.257 e. The minimum absolute atomic E-state index is 0.0101. The molecule has 1 aliphatic rings. The van der Waals surface area contributed by atoms with Crippen LogP contribution in [0.5, 0.6) is 0 Å². The standard InChI is InChI=1S/C21H25ClN4O2/c1-14(27)26(20-7-3-2-6-19(20)23)13-16-11-17(8-9-18(16)22)25-21(28)15-5-4-10-24-12-15/h4-5,8-12,19-20H,2-3,6-7,13,23H2,1H3,(H,25,28). The average Bonchev–Trinajstić information content (AvgIpc) is 2.69. The molecule has 1 aromatic heterocycles. The van der Waals surface area contributed by atoms with Crippen molar-refractivity contribution in [1.82, 2.24) is 9.88 Å². The molecule has 7 heteroatoms. The number of nitrogens with two attached hydrogens (primary N) is 1. The highest BCUT2D eigenvalue weighted by atomic mass is 35.5. The lowest BCUT2D eigenvalue weighted by atomic mass is 9.89. The number of halogens is 1. The lowest BCUT2D eigenvalue weighted by Crippen LogP contribution is -2.51. The second kappa shape index (κ2) is 9.17. The lowest BCUT2D eigenvalue weighted by Gasteiger charge is -2.38. The molecule has 0 bridgehead atoms. The smallest absolute Gasteiger partial charge is 0.257 e. The number of nitrogens with one attached hydrogen (secondary N) is 1. The molecular formula is C21H25ClN4O2. The zero-order valence-electron chi connectivity index (χ0n) is 15.9. The van der Waals surface area contributed by atoms with Gasteiger partial charge < -0.3 is 16.0 Å². The first-order valence-corrected chi connectivity index (χ1v) is 9.86. The molecule has 0 spiro atoms. The van der Waals surface area contributed by atoms with E-state index in [4.69, 9.17) is 17.3 Å². The molecule has 3 N–H and O–H groups in total. The molecule has 0 saturated heterocycles. The van der Waals surface area contributed by atoms with Crippen LogP contribution in [0.4, 0.5) is 5.69 Å². The third-order valence-corrected chi connectivity index (χ3v) is 5.52. The van der Waals surface area contributed by atoms with E-state index in [1.165, 1.54) is 6.20 Å². The second-order valence-electron chi connectivity index (χ2n) is 7.16. The van der Waals surface area contributed by atoms with Gasteiger partial charge >= 0.3 is 0 Å². The minimum atomic E-state index is -0.251. The average molecular weight is 401 g/mol. The van der Waals surface area contributed by atoms with Gasteiger partial charge in [0, 0.05) is 48.7 Å². The van der Waals surface area contributed by atoms with Crippen LogP contribution in [0, 0.1) is 0 Å². The van der Waals surface area contributed by atoms with Gasteiger partial charge in [0.2, 0.25) is 5.91 Å². The van der Waals surface area contributed by atoms with Crippen LogP contribution in [0.3, 0.4) is 0 Å². The summed E-state index contributed by atoms with van der Waals surface area (Å²) < 4.78 is 0. The maximum absolute atomic E-state index is 12.4. The Bertz CT molecular complexity index is 844. The van der Waals surface area contributed by atoms with Crippen molar-refractivity contribution in [3.8, 4) is 0 Å². The molecule has 1 fully saturated rings. The van der Waals surface area contributed by atoms with Crippen LogP contribution >= 0.6 is 11.6 Å². The van der Waals surface area contributed by atoms with Gasteiger partial charge in [-0.25, -0.2) is 0 Å². The number of nitrogens with zero attached hydrogens (tertiary/aromatic N) is 2. The summed E-state index contributed by atoms with van der Waals surface area (Å²) in [6.07, 6.45) is 7.11. The van der Waals surface area contributed by atoms with Gasteiger partial charge in [-0.2, -0.15) is 0 Å².